The Kier molecular flexibility index (Phi) is 5.15. The van der Waals surface area contributed by atoms with Crippen LogP contribution in [0.3, 0.4) is 0 Å². The standard InChI is InChI=1S/C28H35N3O/c1-17(2)25-23-15-20(21-7-6-12-31(16-21)27(32)28(5)10-11-28)8-9-24(23)30-26(25)22-13-18(3)29-19(4)14-22/h8-9,13-15,17,21,30H,6-7,10-12,16H2,1-5H3. The second-order valence-electron chi connectivity index (χ2n) is 10.7. The lowest BCUT2D eigenvalue weighted by Crippen LogP contribution is -2.42. The summed E-state index contributed by atoms with van der Waals surface area (Å²) in [5, 5.41) is 1.32. The normalized spacial score (nSPS) is 20.2. The monoisotopic (exact) mass is 429 g/mol. The van der Waals surface area contributed by atoms with Crippen LogP contribution in [0.4, 0.5) is 0 Å². The number of hydrogen-bond acceptors (Lipinski definition) is 2. The maximum absolute atomic E-state index is 12.9. The number of nitrogens with one attached hydrogen (secondary N) is 1. The van der Waals surface area contributed by atoms with Crippen LogP contribution in [0.5, 0.6) is 0 Å². The zero-order chi connectivity index (χ0) is 22.6. The molecule has 3 aromatic rings. The van der Waals surface area contributed by atoms with E-state index < -0.39 is 0 Å². The second kappa shape index (κ2) is 7.75. The Hall–Kier alpha value is -2.62. The topological polar surface area (TPSA) is 49.0 Å². The SMILES string of the molecule is Cc1cc(-c2[nH]c3ccc(C4CCCN(C(=O)C5(C)CC5)C4)cc3c2C(C)C)cc(C)n1. The van der Waals surface area contributed by atoms with E-state index in [4.69, 9.17) is 0 Å². The van der Waals surface area contributed by atoms with E-state index in [2.05, 4.69) is 79.8 Å². The smallest absolute Gasteiger partial charge is 0.228 e. The fourth-order valence-electron chi connectivity index (χ4n) is 5.51. The fraction of sp³-hybridized carbons (Fsp3) is 0.500. The number of pyridine rings is 1. The zero-order valence-corrected chi connectivity index (χ0v) is 20.1. The lowest BCUT2D eigenvalue weighted by Gasteiger charge is -2.35. The van der Waals surface area contributed by atoms with Crippen molar-refractivity contribution in [2.24, 2.45) is 5.41 Å². The van der Waals surface area contributed by atoms with Crippen LogP contribution >= 0.6 is 0 Å². The Bertz CT molecular complexity index is 1160. The molecule has 2 aromatic heterocycles. The number of carbonyl (C=O) groups is 1. The summed E-state index contributed by atoms with van der Waals surface area (Å²) in [4.78, 5) is 23.4. The van der Waals surface area contributed by atoms with Crippen LogP contribution in [0.15, 0.2) is 30.3 Å². The van der Waals surface area contributed by atoms with Gasteiger partial charge < -0.3 is 9.88 Å². The number of hydrogen-bond donors (Lipinski definition) is 1. The Balaban J connectivity index is 1.52. The minimum absolute atomic E-state index is 0.0764. The molecule has 1 N–H and O–H groups in total. The van der Waals surface area contributed by atoms with Crippen LogP contribution in [0.2, 0.25) is 0 Å². The molecule has 1 amide bonds. The molecular formula is C28H35N3O. The number of benzene rings is 1. The van der Waals surface area contributed by atoms with Gasteiger partial charge in [-0.25, -0.2) is 0 Å². The minimum Gasteiger partial charge on any atom is -0.354 e. The van der Waals surface area contributed by atoms with E-state index in [1.165, 1.54) is 33.3 Å². The van der Waals surface area contributed by atoms with Crippen molar-refractivity contribution in [1.29, 1.82) is 0 Å². The lowest BCUT2D eigenvalue weighted by molar-refractivity contribution is -0.137. The summed E-state index contributed by atoms with van der Waals surface area (Å²) in [6, 6.07) is 11.3. The number of likely N-dealkylation sites (tertiary alicyclic amines) is 1. The van der Waals surface area contributed by atoms with Crippen molar-refractivity contribution in [2.45, 2.75) is 72.1 Å². The maximum Gasteiger partial charge on any atom is 0.228 e. The van der Waals surface area contributed by atoms with Crippen molar-refractivity contribution in [2.75, 3.05) is 13.1 Å². The minimum atomic E-state index is -0.0764. The molecule has 1 saturated carbocycles. The van der Waals surface area contributed by atoms with Crippen molar-refractivity contribution in [3.05, 3.63) is 52.8 Å². The number of nitrogens with zero attached hydrogens (tertiary/aromatic N) is 2. The van der Waals surface area contributed by atoms with E-state index in [0.717, 1.165) is 50.2 Å². The molecule has 2 aliphatic rings. The van der Waals surface area contributed by atoms with E-state index in [-0.39, 0.29) is 5.41 Å². The van der Waals surface area contributed by atoms with Gasteiger partial charge in [-0.2, -0.15) is 0 Å². The predicted molar refractivity (Wildman–Crippen MR) is 131 cm³/mol. The molecule has 4 nitrogen and oxygen atoms in total. The van der Waals surface area contributed by atoms with Gasteiger partial charge in [-0.1, -0.05) is 26.8 Å². The van der Waals surface area contributed by atoms with Gasteiger partial charge >= 0.3 is 0 Å². The lowest BCUT2D eigenvalue weighted by atomic mass is 9.88. The highest BCUT2D eigenvalue weighted by atomic mass is 16.2. The molecule has 1 aliphatic carbocycles. The third-order valence-electron chi connectivity index (χ3n) is 7.51. The summed E-state index contributed by atoms with van der Waals surface area (Å²) in [5.74, 6) is 1.20. The molecule has 3 heterocycles. The summed E-state index contributed by atoms with van der Waals surface area (Å²) in [7, 11) is 0. The molecule has 0 bridgehead atoms. The quantitative estimate of drug-likeness (QED) is 0.516. The molecule has 1 saturated heterocycles. The van der Waals surface area contributed by atoms with Crippen LogP contribution in [0.1, 0.15) is 80.8 Å². The van der Waals surface area contributed by atoms with Gasteiger partial charge in [0.05, 0.1) is 5.69 Å². The average Bonchev–Trinajstić information content (AvgIpc) is 3.39. The maximum atomic E-state index is 12.9. The highest BCUT2D eigenvalue weighted by molar-refractivity contribution is 5.92. The van der Waals surface area contributed by atoms with Crippen LogP contribution < -0.4 is 0 Å². The molecule has 32 heavy (non-hydrogen) atoms. The van der Waals surface area contributed by atoms with Crippen molar-refractivity contribution in [3.63, 3.8) is 0 Å². The Morgan fingerprint density at radius 3 is 2.53 bits per heavy atom. The third-order valence-corrected chi connectivity index (χ3v) is 7.51. The van der Waals surface area contributed by atoms with E-state index >= 15 is 0 Å². The molecule has 0 spiro atoms. The number of amides is 1. The van der Waals surface area contributed by atoms with Crippen molar-refractivity contribution < 1.29 is 4.79 Å². The Labute approximate surface area is 191 Å². The third kappa shape index (κ3) is 3.74. The molecule has 5 rings (SSSR count). The number of aryl methyl sites for hydroxylation is 2. The van der Waals surface area contributed by atoms with Crippen LogP contribution in [0.25, 0.3) is 22.2 Å². The number of aromatic nitrogens is 2. The number of carbonyl (C=O) groups excluding carboxylic acids is 1. The molecular weight excluding hydrogens is 394 g/mol. The number of aromatic amines is 1. The molecule has 1 aliphatic heterocycles. The first-order chi connectivity index (χ1) is 15.2. The van der Waals surface area contributed by atoms with Gasteiger partial charge in [0.25, 0.3) is 0 Å². The van der Waals surface area contributed by atoms with Crippen molar-refractivity contribution in [1.82, 2.24) is 14.9 Å². The highest BCUT2D eigenvalue weighted by Gasteiger charge is 2.47. The van der Waals surface area contributed by atoms with Gasteiger partial charge in [-0.15, -0.1) is 0 Å². The Morgan fingerprint density at radius 1 is 1.16 bits per heavy atom. The van der Waals surface area contributed by atoms with Crippen LogP contribution in [-0.4, -0.2) is 33.9 Å². The molecule has 0 radical (unpaired) electrons. The number of fused-ring (bicyclic) bond motifs is 1. The molecule has 1 atom stereocenters. The molecule has 1 unspecified atom stereocenters. The van der Waals surface area contributed by atoms with E-state index in [1.54, 1.807) is 0 Å². The van der Waals surface area contributed by atoms with Gasteiger partial charge in [0.15, 0.2) is 0 Å². The first-order valence-corrected chi connectivity index (χ1v) is 12.2. The Morgan fingerprint density at radius 2 is 1.88 bits per heavy atom. The van der Waals surface area contributed by atoms with Crippen molar-refractivity contribution >= 4 is 16.8 Å². The first-order valence-electron chi connectivity index (χ1n) is 12.2. The van der Waals surface area contributed by atoms with Gasteiger partial charge in [-0.3, -0.25) is 9.78 Å². The predicted octanol–water partition coefficient (Wildman–Crippen LogP) is 6.48. The molecule has 1 aromatic carbocycles. The zero-order valence-electron chi connectivity index (χ0n) is 20.1. The highest BCUT2D eigenvalue weighted by Crippen LogP contribution is 2.47. The van der Waals surface area contributed by atoms with Crippen LogP contribution in [0, 0.1) is 19.3 Å². The van der Waals surface area contributed by atoms with Crippen molar-refractivity contribution in [3.8, 4) is 11.3 Å². The van der Waals surface area contributed by atoms with E-state index in [0.29, 0.717) is 17.7 Å². The molecule has 168 valence electrons. The summed E-state index contributed by atoms with van der Waals surface area (Å²) >= 11 is 0. The fourth-order valence-corrected chi connectivity index (χ4v) is 5.51. The number of piperidine rings is 1. The average molecular weight is 430 g/mol. The largest absolute Gasteiger partial charge is 0.354 e. The van der Waals surface area contributed by atoms with Gasteiger partial charge in [-0.05, 0) is 80.8 Å². The van der Waals surface area contributed by atoms with E-state index in [1.807, 2.05) is 0 Å². The summed E-state index contributed by atoms with van der Waals surface area (Å²) in [6.45, 7) is 12.6. The number of rotatable bonds is 4. The molecule has 2 fully saturated rings. The number of H-pyrrole nitrogens is 1. The second-order valence-corrected chi connectivity index (χ2v) is 10.7. The first kappa shape index (κ1) is 21.2. The summed E-state index contributed by atoms with van der Waals surface area (Å²) in [5.41, 5.74) is 8.37. The van der Waals surface area contributed by atoms with Crippen LogP contribution in [-0.2, 0) is 4.79 Å². The van der Waals surface area contributed by atoms with Gasteiger partial charge in [0.2, 0.25) is 5.91 Å². The summed E-state index contributed by atoms with van der Waals surface area (Å²) in [6.07, 6.45) is 4.35. The molecule has 4 heteroatoms. The van der Waals surface area contributed by atoms with E-state index in [9.17, 15) is 4.79 Å². The van der Waals surface area contributed by atoms with Gasteiger partial charge in [0, 0.05) is 52.3 Å². The summed E-state index contributed by atoms with van der Waals surface area (Å²) < 4.78 is 0. The van der Waals surface area contributed by atoms with Gasteiger partial charge in [0.1, 0.15) is 0 Å².